The van der Waals surface area contributed by atoms with Crippen molar-refractivity contribution in [2.75, 3.05) is 17.7 Å². The van der Waals surface area contributed by atoms with E-state index < -0.39 is 16.0 Å². The van der Waals surface area contributed by atoms with E-state index in [9.17, 15) is 18.0 Å². The van der Waals surface area contributed by atoms with Crippen molar-refractivity contribution in [2.45, 2.75) is 30.4 Å². The summed E-state index contributed by atoms with van der Waals surface area (Å²) in [5.41, 5.74) is 1.54. The fourth-order valence-electron chi connectivity index (χ4n) is 2.75. The van der Waals surface area contributed by atoms with Gasteiger partial charge in [-0.1, -0.05) is 11.8 Å². The summed E-state index contributed by atoms with van der Waals surface area (Å²) in [7, 11) is -3.83. The number of esters is 1. The Bertz CT molecular complexity index is 1200. The quantitative estimate of drug-likeness (QED) is 0.383. The number of anilines is 1. The highest BCUT2D eigenvalue weighted by Gasteiger charge is 2.18. The Morgan fingerprint density at radius 2 is 2.07 bits per heavy atom. The number of aryl methyl sites for hydroxylation is 1. The van der Waals surface area contributed by atoms with Crippen molar-refractivity contribution >= 4 is 61.0 Å². The maximum atomic E-state index is 12.4. The van der Waals surface area contributed by atoms with Crippen LogP contribution >= 0.6 is 23.1 Å². The Hall–Kier alpha value is -2.41. The van der Waals surface area contributed by atoms with Gasteiger partial charge in [-0.05, 0) is 43.5 Å². The van der Waals surface area contributed by atoms with Crippen LogP contribution in [0.4, 0.5) is 5.00 Å². The summed E-state index contributed by atoms with van der Waals surface area (Å²) in [6, 6.07) is 6.09. The molecule has 0 bridgehead atoms. The molecule has 0 aliphatic rings. The number of amides is 1. The highest BCUT2D eigenvalue weighted by atomic mass is 32.2. The predicted octanol–water partition coefficient (Wildman–Crippen LogP) is 2.67. The molecule has 0 fully saturated rings. The predicted molar refractivity (Wildman–Crippen MR) is 116 cm³/mol. The second-order valence-electron chi connectivity index (χ2n) is 6.05. The van der Waals surface area contributed by atoms with E-state index in [2.05, 4.69) is 10.3 Å². The molecule has 0 unspecified atom stereocenters. The minimum atomic E-state index is -3.83. The van der Waals surface area contributed by atoms with Gasteiger partial charge in [0, 0.05) is 6.54 Å². The van der Waals surface area contributed by atoms with Gasteiger partial charge in [0.1, 0.15) is 5.00 Å². The van der Waals surface area contributed by atoms with Crippen LogP contribution in [0.1, 0.15) is 24.2 Å². The van der Waals surface area contributed by atoms with Gasteiger partial charge in [-0.25, -0.2) is 23.3 Å². The molecule has 0 saturated carbocycles. The van der Waals surface area contributed by atoms with Crippen LogP contribution in [0, 0.1) is 0 Å². The number of primary sulfonamides is 1. The van der Waals surface area contributed by atoms with Gasteiger partial charge in [-0.2, -0.15) is 0 Å². The first-order valence-electron chi connectivity index (χ1n) is 8.95. The summed E-state index contributed by atoms with van der Waals surface area (Å²) in [5.74, 6) is -0.723. The summed E-state index contributed by atoms with van der Waals surface area (Å²) in [4.78, 5) is 28.8. The Labute approximate surface area is 181 Å². The van der Waals surface area contributed by atoms with E-state index in [-0.39, 0.29) is 23.2 Å². The van der Waals surface area contributed by atoms with E-state index in [4.69, 9.17) is 9.88 Å². The number of fused-ring (bicyclic) bond motifs is 1. The number of thiophene rings is 1. The summed E-state index contributed by atoms with van der Waals surface area (Å²) in [5, 5.41) is 10.6. The number of imidazole rings is 1. The summed E-state index contributed by atoms with van der Waals surface area (Å²) in [6.07, 6.45) is 0. The van der Waals surface area contributed by atoms with Crippen molar-refractivity contribution in [1.82, 2.24) is 9.55 Å². The molecule has 0 spiro atoms. The summed E-state index contributed by atoms with van der Waals surface area (Å²) < 4.78 is 30.0. The summed E-state index contributed by atoms with van der Waals surface area (Å²) >= 11 is 2.45. The molecule has 1 aromatic carbocycles. The smallest absolute Gasteiger partial charge is 0.341 e. The number of benzene rings is 1. The highest BCUT2D eigenvalue weighted by Crippen LogP contribution is 2.27. The molecule has 30 heavy (non-hydrogen) atoms. The number of hydrogen-bond donors (Lipinski definition) is 2. The Morgan fingerprint density at radius 3 is 2.73 bits per heavy atom. The normalized spacial score (nSPS) is 11.6. The van der Waals surface area contributed by atoms with Crippen molar-refractivity contribution in [1.29, 1.82) is 0 Å². The first-order chi connectivity index (χ1) is 14.2. The maximum absolute atomic E-state index is 12.4. The van der Waals surface area contributed by atoms with Crippen molar-refractivity contribution < 1.29 is 22.7 Å². The molecule has 12 heteroatoms. The molecule has 2 aromatic heterocycles. The third-order valence-corrected chi connectivity index (χ3v) is 6.79. The number of aromatic nitrogens is 2. The van der Waals surface area contributed by atoms with Gasteiger partial charge >= 0.3 is 5.97 Å². The molecule has 0 aliphatic carbocycles. The van der Waals surface area contributed by atoms with Crippen LogP contribution < -0.4 is 10.5 Å². The maximum Gasteiger partial charge on any atom is 0.341 e. The van der Waals surface area contributed by atoms with Crippen molar-refractivity contribution in [3.05, 3.63) is 35.2 Å². The van der Waals surface area contributed by atoms with Gasteiger partial charge in [0.05, 0.1) is 33.9 Å². The van der Waals surface area contributed by atoms with Crippen LogP contribution in [0.3, 0.4) is 0 Å². The Kier molecular flexibility index (Phi) is 6.81. The van der Waals surface area contributed by atoms with Gasteiger partial charge in [0.25, 0.3) is 0 Å². The molecule has 9 nitrogen and oxygen atoms in total. The average molecular weight is 469 g/mol. The molecule has 3 rings (SSSR count). The standard InChI is InChI=1S/C18H20N4O5S3/c1-3-22-14-6-5-11(30(19,25)26)9-13(14)20-18(22)29-10-15(23)21-16-12(7-8-28-16)17(24)27-4-2/h5-9H,3-4,10H2,1-2H3,(H,21,23)(H2,19,25,26). The molecule has 0 saturated heterocycles. The minimum absolute atomic E-state index is 0.0192. The summed E-state index contributed by atoms with van der Waals surface area (Å²) in [6.45, 7) is 4.48. The number of hydrogen-bond acceptors (Lipinski definition) is 8. The zero-order valence-electron chi connectivity index (χ0n) is 16.2. The van der Waals surface area contributed by atoms with Gasteiger partial charge in [0.2, 0.25) is 15.9 Å². The third kappa shape index (κ3) is 4.83. The van der Waals surface area contributed by atoms with Crippen LogP contribution in [0.15, 0.2) is 39.7 Å². The number of carbonyl (C=O) groups is 2. The second-order valence-corrected chi connectivity index (χ2v) is 9.47. The van der Waals surface area contributed by atoms with Crippen LogP contribution in [0.25, 0.3) is 11.0 Å². The van der Waals surface area contributed by atoms with Crippen LogP contribution in [0.2, 0.25) is 0 Å². The molecule has 3 aromatic rings. The van der Waals surface area contributed by atoms with E-state index in [0.29, 0.717) is 27.8 Å². The molecular weight excluding hydrogens is 448 g/mol. The first kappa shape index (κ1) is 22.3. The lowest BCUT2D eigenvalue weighted by Gasteiger charge is -2.07. The van der Waals surface area contributed by atoms with Crippen molar-refractivity contribution in [3.63, 3.8) is 0 Å². The average Bonchev–Trinajstić information content (AvgIpc) is 3.29. The molecule has 3 N–H and O–H groups in total. The van der Waals surface area contributed by atoms with Crippen LogP contribution in [-0.2, 0) is 26.1 Å². The number of nitrogens with zero attached hydrogens (tertiary/aromatic N) is 2. The van der Waals surface area contributed by atoms with Gasteiger partial charge in [-0.3, -0.25) is 4.79 Å². The second kappa shape index (κ2) is 9.16. The van der Waals surface area contributed by atoms with E-state index in [0.717, 1.165) is 5.52 Å². The van der Waals surface area contributed by atoms with E-state index >= 15 is 0 Å². The number of rotatable bonds is 8. The van der Waals surface area contributed by atoms with E-state index in [1.165, 1.54) is 35.2 Å². The zero-order chi connectivity index (χ0) is 21.9. The fourth-order valence-corrected chi connectivity index (χ4v) is 4.95. The molecule has 0 aliphatic heterocycles. The fraction of sp³-hybridized carbons (Fsp3) is 0.278. The minimum Gasteiger partial charge on any atom is -0.462 e. The molecule has 2 heterocycles. The van der Waals surface area contributed by atoms with Gasteiger partial charge in [0.15, 0.2) is 5.16 Å². The SMILES string of the molecule is CCOC(=O)c1ccsc1NC(=O)CSc1nc2cc(S(N)(=O)=O)ccc2n1CC. The highest BCUT2D eigenvalue weighted by molar-refractivity contribution is 7.99. The number of ether oxygens (including phenoxy) is 1. The Morgan fingerprint density at radius 1 is 1.30 bits per heavy atom. The van der Waals surface area contributed by atoms with Crippen molar-refractivity contribution in [2.24, 2.45) is 5.14 Å². The molecule has 160 valence electrons. The number of nitrogens with two attached hydrogens (primary N) is 1. The lowest BCUT2D eigenvalue weighted by atomic mass is 10.3. The number of carbonyl (C=O) groups excluding carboxylic acids is 2. The lowest BCUT2D eigenvalue weighted by molar-refractivity contribution is -0.113. The number of nitrogens with one attached hydrogen (secondary N) is 1. The molecule has 0 radical (unpaired) electrons. The number of sulfonamides is 1. The lowest BCUT2D eigenvalue weighted by Crippen LogP contribution is -2.16. The topological polar surface area (TPSA) is 133 Å². The van der Waals surface area contributed by atoms with E-state index in [1.54, 1.807) is 24.4 Å². The van der Waals surface area contributed by atoms with E-state index in [1.807, 2.05) is 11.5 Å². The first-order valence-corrected chi connectivity index (χ1v) is 12.4. The zero-order valence-corrected chi connectivity index (χ0v) is 18.7. The monoisotopic (exact) mass is 468 g/mol. The number of thioether (sulfide) groups is 1. The van der Waals surface area contributed by atoms with Crippen LogP contribution in [0.5, 0.6) is 0 Å². The van der Waals surface area contributed by atoms with Gasteiger partial charge in [-0.15, -0.1) is 11.3 Å². The van der Waals surface area contributed by atoms with Crippen LogP contribution in [-0.4, -0.2) is 42.2 Å². The molecule has 1 amide bonds. The van der Waals surface area contributed by atoms with Gasteiger partial charge < -0.3 is 14.6 Å². The molecular formula is C18H20N4O5S3. The van der Waals surface area contributed by atoms with Crippen molar-refractivity contribution in [3.8, 4) is 0 Å². The molecule has 0 atom stereocenters. The third-order valence-electron chi connectivity index (χ3n) is 4.08. The largest absolute Gasteiger partial charge is 0.462 e. The Balaban J connectivity index is 1.75.